The number of alkyl carbamates (subject to hydrolysis) is 1. The minimum Gasteiger partial charge on any atom is -0.492 e. The number of carbonyl (C=O) groups excluding carboxylic acids is 3. The Morgan fingerprint density at radius 2 is 1.85 bits per heavy atom. The van der Waals surface area contributed by atoms with Crippen LogP contribution in [0.25, 0.3) is 0 Å². The minimum absolute atomic E-state index is 0.0164. The monoisotopic (exact) mass is 366 g/mol. The first-order valence-corrected chi connectivity index (χ1v) is 8.70. The molecular weight excluding hydrogens is 338 g/mol. The van der Waals surface area contributed by atoms with Crippen molar-refractivity contribution in [2.24, 2.45) is 0 Å². The average Bonchev–Trinajstić information content (AvgIpc) is 2.58. The van der Waals surface area contributed by atoms with Gasteiger partial charge in [-0.25, -0.2) is 4.79 Å². The molecule has 0 bridgehead atoms. The number of aryl methyl sites for hydroxylation is 1. The standard InChI is InChI=1S/C18H27N3O5/c1-4-21(13-17(23)20-18(24)25-5-2)12-16(22)19-9-10-26-15-8-6-7-14(3)11-15/h6-8,11H,4-5,9-10,12-13H2,1-3H3,(H,19,22)(H,20,23,24)/p+1. The van der Waals surface area contributed by atoms with Crippen molar-refractivity contribution in [3.05, 3.63) is 29.8 Å². The number of nitrogens with one attached hydrogen (secondary N) is 3. The summed E-state index contributed by atoms with van der Waals surface area (Å²) in [5.74, 6) is 0.102. The van der Waals surface area contributed by atoms with E-state index in [2.05, 4.69) is 15.4 Å². The molecule has 0 aliphatic carbocycles. The maximum atomic E-state index is 12.0. The Kier molecular flexibility index (Phi) is 9.78. The molecule has 3 N–H and O–H groups in total. The Morgan fingerprint density at radius 3 is 2.50 bits per heavy atom. The van der Waals surface area contributed by atoms with Gasteiger partial charge in [0.1, 0.15) is 12.4 Å². The van der Waals surface area contributed by atoms with Crippen LogP contribution in [0, 0.1) is 6.92 Å². The fourth-order valence-electron chi connectivity index (χ4n) is 2.22. The van der Waals surface area contributed by atoms with Crippen LogP contribution in [0.2, 0.25) is 0 Å². The molecule has 0 fully saturated rings. The smallest absolute Gasteiger partial charge is 0.414 e. The summed E-state index contributed by atoms with van der Waals surface area (Å²) in [5, 5.41) is 4.88. The number of amides is 3. The van der Waals surface area contributed by atoms with E-state index in [1.54, 1.807) is 6.92 Å². The number of quaternary nitrogens is 1. The van der Waals surface area contributed by atoms with Gasteiger partial charge in [0, 0.05) is 0 Å². The van der Waals surface area contributed by atoms with Gasteiger partial charge in [-0.1, -0.05) is 12.1 Å². The summed E-state index contributed by atoms with van der Waals surface area (Å²) in [6.45, 7) is 7.15. The SMILES string of the molecule is CCOC(=O)NC(=O)C[NH+](CC)CC(=O)NCCOc1cccc(C)c1. The first-order chi connectivity index (χ1) is 12.4. The van der Waals surface area contributed by atoms with Crippen molar-refractivity contribution < 1.29 is 28.8 Å². The van der Waals surface area contributed by atoms with Crippen LogP contribution in [0.4, 0.5) is 4.79 Å². The predicted molar refractivity (Wildman–Crippen MR) is 96.1 cm³/mol. The Labute approximate surface area is 153 Å². The number of hydrogen-bond acceptors (Lipinski definition) is 5. The van der Waals surface area contributed by atoms with Crippen LogP contribution in [-0.2, 0) is 14.3 Å². The first kappa shape index (κ1) is 21.4. The second-order valence-corrected chi connectivity index (χ2v) is 5.74. The van der Waals surface area contributed by atoms with Crippen LogP contribution < -0.4 is 20.3 Å². The molecule has 1 aromatic carbocycles. The normalized spacial score (nSPS) is 11.3. The van der Waals surface area contributed by atoms with Crippen molar-refractivity contribution in [1.29, 1.82) is 0 Å². The van der Waals surface area contributed by atoms with Crippen LogP contribution >= 0.6 is 0 Å². The van der Waals surface area contributed by atoms with Gasteiger partial charge in [-0.3, -0.25) is 14.9 Å². The number of imide groups is 1. The number of likely N-dealkylation sites (N-methyl/N-ethyl adjacent to an activating group) is 1. The second kappa shape index (κ2) is 11.9. The molecule has 1 atom stereocenters. The van der Waals surface area contributed by atoms with Crippen LogP contribution in [0.5, 0.6) is 5.75 Å². The fourth-order valence-corrected chi connectivity index (χ4v) is 2.22. The van der Waals surface area contributed by atoms with Gasteiger partial charge in [-0.2, -0.15) is 0 Å². The molecule has 0 heterocycles. The molecule has 1 rings (SSSR count). The van der Waals surface area contributed by atoms with E-state index in [-0.39, 0.29) is 25.6 Å². The van der Waals surface area contributed by atoms with E-state index in [0.29, 0.717) is 19.7 Å². The van der Waals surface area contributed by atoms with Gasteiger partial charge in [0.25, 0.3) is 11.8 Å². The number of rotatable bonds is 10. The van der Waals surface area contributed by atoms with E-state index in [1.165, 1.54) is 0 Å². The van der Waals surface area contributed by atoms with Crippen LogP contribution in [0.1, 0.15) is 19.4 Å². The maximum Gasteiger partial charge on any atom is 0.414 e. The highest BCUT2D eigenvalue weighted by atomic mass is 16.5. The topological polar surface area (TPSA) is 98.2 Å². The highest BCUT2D eigenvalue weighted by Gasteiger charge is 2.18. The van der Waals surface area contributed by atoms with Crippen molar-refractivity contribution in [2.45, 2.75) is 20.8 Å². The van der Waals surface area contributed by atoms with Gasteiger partial charge >= 0.3 is 6.09 Å². The number of ether oxygens (including phenoxy) is 2. The average molecular weight is 366 g/mol. The van der Waals surface area contributed by atoms with Crippen molar-refractivity contribution in [2.75, 3.05) is 39.4 Å². The van der Waals surface area contributed by atoms with E-state index in [1.807, 2.05) is 38.1 Å². The third-order valence-corrected chi connectivity index (χ3v) is 3.52. The van der Waals surface area contributed by atoms with Gasteiger partial charge in [-0.05, 0) is 38.5 Å². The van der Waals surface area contributed by atoms with Crippen LogP contribution in [0.3, 0.4) is 0 Å². The van der Waals surface area contributed by atoms with Gasteiger partial charge in [0.2, 0.25) is 0 Å². The summed E-state index contributed by atoms with van der Waals surface area (Å²) in [7, 11) is 0. The number of hydrogen-bond donors (Lipinski definition) is 3. The lowest BCUT2D eigenvalue weighted by molar-refractivity contribution is -0.881. The Hall–Kier alpha value is -2.61. The third-order valence-electron chi connectivity index (χ3n) is 3.52. The fraction of sp³-hybridized carbons (Fsp3) is 0.500. The van der Waals surface area contributed by atoms with E-state index < -0.39 is 12.0 Å². The molecule has 0 saturated carbocycles. The summed E-state index contributed by atoms with van der Waals surface area (Å²) in [4.78, 5) is 35.7. The first-order valence-electron chi connectivity index (χ1n) is 8.70. The molecule has 8 nitrogen and oxygen atoms in total. The van der Waals surface area contributed by atoms with Gasteiger partial charge < -0.3 is 19.7 Å². The molecule has 8 heteroatoms. The molecule has 144 valence electrons. The zero-order valence-electron chi connectivity index (χ0n) is 15.6. The summed E-state index contributed by atoms with van der Waals surface area (Å²) < 4.78 is 10.2. The summed E-state index contributed by atoms with van der Waals surface area (Å²) >= 11 is 0. The Morgan fingerprint density at radius 1 is 1.12 bits per heavy atom. The van der Waals surface area contributed by atoms with Gasteiger partial charge in [0.15, 0.2) is 13.1 Å². The highest BCUT2D eigenvalue weighted by Crippen LogP contribution is 2.11. The summed E-state index contributed by atoms with van der Waals surface area (Å²) in [6, 6.07) is 7.68. The molecule has 0 aromatic heterocycles. The van der Waals surface area contributed by atoms with Crippen molar-refractivity contribution in [1.82, 2.24) is 10.6 Å². The maximum absolute atomic E-state index is 12.0. The molecule has 3 amide bonds. The zero-order chi connectivity index (χ0) is 19.4. The molecule has 1 aromatic rings. The second-order valence-electron chi connectivity index (χ2n) is 5.74. The lowest BCUT2D eigenvalue weighted by atomic mass is 10.2. The number of carbonyl (C=O) groups is 3. The van der Waals surface area contributed by atoms with E-state index in [0.717, 1.165) is 16.2 Å². The minimum atomic E-state index is -0.772. The lowest BCUT2D eigenvalue weighted by Crippen LogP contribution is -3.14. The third kappa shape index (κ3) is 9.03. The van der Waals surface area contributed by atoms with Gasteiger partial charge in [-0.15, -0.1) is 0 Å². The molecular formula is C18H28N3O5+. The molecule has 0 radical (unpaired) electrons. The molecule has 0 saturated heterocycles. The Balaban J connectivity index is 2.26. The summed E-state index contributed by atoms with van der Waals surface area (Å²) in [5.41, 5.74) is 1.11. The van der Waals surface area contributed by atoms with E-state index in [9.17, 15) is 14.4 Å². The van der Waals surface area contributed by atoms with Crippen molar-refractivity contribution in [3.63, 3.8) is 0 Å². The van der Waals surface area contributed by atoms with Crippen molar-refractivity contribution in [3.8, 4) is 5.75 Å². The van der Waals surface area contributed by atoms with Crippen molar-refractivity contribution >= 4 is 17.9 Å². The van der Waals surface area contributed by atoms with Gasteiger partial charge in [0.05, 0.1) is 19.7 Å². The molecule has 1 unspecified atom stereocenters. The van der Waals surface area contributed by atoms with Crippen LogP contribution in [-0.4, -0.2) is 57.3 Å². The van der Waals surface area contributed by atoms with Crippen LogP contribution in [0.15, 0.2) is 24.3 Å². The molecule has 26 heavy (non-hydrogen) atoms. The highest BCUT2D eigenvalue weighted by molar-refractivity contribution is 5.92. The quantitative estimate of drug-likeness (QED) is 0.493. The van der Waals surface area contributed by atoms with E-state index >= 15 is 0 Å². The zero-order valence-corrected chi connectivity index (χ0v) is 15.6. The molecule has 0 spiro atoms. The Bertz CT molecular complexity index is 606. The number of benzene rings is 1. The lowest BCUT2D eigenvalue weighted by Gasteiger charge is -2.16. The molecule has 0 aliphatic heterocycles. The largest absolute Gasteiger partial charge is 0.492 e. The van der Waals surface area contributed by atoms with E-state index in [4.69, 9.17) is 4.74 Å². The molecule has 0 aliphatic rings. The predicted octanol–water partition coefficient (Wildman–Crippen LogP) is -0.332. The summed E-state index contributed by atoms with van der Waals surface area (Å²) in [6.07, 6.45) is -0.772.